The number of aliphatic hydroxyl groups is 2. The highest BCUT2D eigenvalue weighted by molar-refractivity contribution is 5.77. The predicted molar refractivity (Wildman–Crippen MR) is 49.3 cm³/mol. The van der Waals surface area contributed by atoms with Gasteiger partial charge in [-0.15, -0.1) is 0 Å². The van der Waals surface area contributed by atoms with Crippen molar-refractivity contribution in [3.05, 3.63) is 0 Å². The molecule has 0 spiro atoms. The first-order chi connectivity index (χ1) is 6.11. The van der Waals surface area contributed by atoms with Gasteiger partial charge < -0.3 is 15.1 Å². The van der Waals surface area contributed by atoms with Gasteiger partial charge >= 0.3 is 0 Å². The van der Waals surface area contributed by atoms with Gasteiger partial charge in [-0.1, -0.05) is 0 Å². The Morgan fingerprint density at radius 1 is 1.15 bits per heavy atom. The molecular formula is C8H18N2O3. The van der Waals surface area contributed by atoms with E-state index in [-0.39, 0.29) is 25.7 Å². The van der Waals surface area contributed by atoms with E-state index in [9.17, 15) is 4.79 Å². The number of hydrogen-bond donors (Lipinski definition) is 2. The highest BCUT2D eigenvalue weighted by Crippen LogP contribution is 1.89. The summed E-state index contributed by atoms with van der Waals surface area (Å²) in [5.74, 6) is -0.0260. The molecule has 0 aliphatic heterocycles. The van der Waals surface area contributed by atoms with Crippen LogP contribution in [0.4, 0.5) is 0 Å². The normalized spacial score (nSPS) is 10.5. The minimum Gasteiger partial charge on any atom is -0.395 e. The topological polar surface area (TPSA) is 64.0 Å². The molecule has 13 heavy (non-hydrogen) atoms. The van der Waals surface area contributed by atoms with E-state index in [0.717, 1.165) is 0 Å². The largest absolute Gasteiger partial charge is 0.395 e. The zero-order chi connectivity index (χ0) is 10.3. The maximum Gasteiger partial charge on any atom is 0.236 e. The summed E-state index contributed by atoms with van der Waals surface area (Å²) in [5, 5.41) is 17.3. The number of aliphatic hydroxyl groups excluding tert-OH is 2. The molecule has 0 heterocycles. The second-order valence-corrected chi connectivity index (χ2v) is 3.01. The van der Waals surface area contributed by atoms with E-state index in [2.05, 4.69) is 0 Å². The fourth-order valence-corrected chi connectivity index (χ4v) is 0.885. The number of rotatable bonds is 6. The number of hydrogen-bond acceptors (Lipinski definition) is 4. The van der Waals surface area contributed by atoms with Crippen molar-refractivity contribution >= 4 is 5.91 Å². The van der Waals surface area contributed by atoms with Crippen molar-refractivity contribution in [3.8, 4) is 0 Å². The first-order valence-electron chi connectivity index (χ1n) is 4.26. The molecule has 0 aromatic carbocycles. The van der Waals surface area contributed by atoms with Crippen molar-refractivity contribution < 1.29 is 15.0 Å². The lowest BCUT2D eigenvalue weighted by Gasteiger charge is -2.21. The molecule has 0 rings (SSSR count). The summed E-state index contributed by atoms with van der Waals surface area (Å²) in [4.78, 5) is 14.4. The zero-order valence-electron chi connectivity index (χ0n) is 8.23. The average Bonchev–Trinajstić information content (AvgIpc) is 2.05. The molecule has 2 N–H and O–H groups in total. The van der Waals surface area contributed by atoms with Gasteiger partial charge in [0, 0.05) is 27.2 Å². The molecular weight excluding hydrogens is 172 g/mol. The predicted octanol–water partition coefficient (Wildman–Crippen LogP) is -1.64. The smallest absolute Gasteiger partial charge is 0.236 e. The van der Waals surface area contributed by atoms with Crippen molar-refractivity contribution in [3.63, 3.8) is 0 Å². The van der Waals surface area contributed by atoms with Crippen molar-refractivity contribution in [1.29, 1.82) is 0 Å². The van der Waals surface area contributed by atoms with Crippen LogP contribution in [-0.2, 0) is 4.79 Å². The molecule has 78 valence electrons. The summed E-state index contributed by atoms with van der Waals surface area (Å²) >= 11 is 0. The van der Waals surface area contributed by atoms with Crippen LogP contribution in [0.3, 0.4) is 0 Å². The molecule has 0 atom stereocenters. The molecule has 0 unspecified atom stereocenters. The maximum absolute atomic E-state index is 11.2. The third-order valence-corrected chi connectivity index (χ3v) is 1.69. The number of carbonyl (C=O) groups is 1. The van der Waals surface area contributed by atoms with Gasteiger partial charge in [0.25, 0.3) is 0 Å². The van der Waals surface area contributed by atoms with E-state index in [1.807, 2.05) is 0 Å². The van der Waals surface area contributed by atoms with E-state index < -0.39 is 0 Å². The van der Waals surface area contributed by atoms with Crippen LogP contribution in [0.15, 0.2) is 0 Å². The van der Waals surface area contributed by atoms with Crippen molar-refractivity contribution in [2.45, 2.75) is 0 Å². The summed E-state index contributed by atoms with van der Waals surface area (Å²) in [6, 6.07) is 0. The average molecular weight is 190 g/mol. The van der Waals surface area contributed by atoms with E-state index in [4.69, 9.17) is 10.2 Å². The second kappa shape index (κ2) is 6.82. The van der Waals surface area contributed by atoms with Crippen LogP contribution in [-0.4, -0.2) is 72.9 Å². The van der Waals surface area contributed by atoms with Crippen LogP contribution in [0.2, 0.25) is 0 Å². The molecule has 1 amide bonds. The second-order valence-electron chi connectivity index (χ2n) is 3.01. The number of likely N-dealkylation sites (N-methyl/N-ethyl adjacent to an activating group) is 1. The first-order valence-corrected chi connectivity index (χ1v) is 4.26. The third-order valence-electron chi connectivity index (χ3n) is 1.69. The van der Waals surface area contributed by atoms with Crippen molar-refractivity contribution in [2.24, 2.45) is 0 Å². The van der Waals surface area contributed by atoms with Gasteiger partial charge in [0.05, 0.1) is 19.8 Å². The Morgan fingerprint density at radius 3 is 1.92 bits per heavy atom. The lowest BCUT2D eigenvalue weighted by molar-refractivity contribution is -0.130. The molecule has 0 bridgehead atoms. The van der Waals surface area contributed by atoms with E-state index >= 15 is 0 Å². The maximum atomic E-state index is 11.2. The minimum absolute atomic E-state index is 0.000703. The fourth-order valence-electron chi connectivity index (χ4n) is 0.885. The standard InChI is InChI=1S/C8H18N2O3/c1-9(2)8(13)7-10(3-5-11)4-6-12/h11-12H,3-7H2,1-2H3. The molecule has 0 saturated heterocycles. The van der Waals surface area contributed by atoms with Gasteiger partial charge in [-0.05, 0) is 0 Å². The molecule has 0 saturated carbocycles. The number of carbonyl (C=O) groups excluding carboxylic acids is 1. The zero-order valence-corrected chi connectivity index (χ0v) is 8.23. The van der Waals surface area contributed by atoms with Crippen molar-refractivity contribution in [1.82, 2.24) is 9.80 Å². The SMILES string of the molecule is CN(C)C(=O)CN(CCO)CCO. The summed E-state index contributed by atoms with van der Waals surface area (Å²) in [7, 11) is 3.36. The molecule has 0 aromatic heterocycles. The lowest BCUT2D eigenvalue weighted by atomic mass is 10.4. The summed E-state index contributed by atoms with van der Waals surface area (Å²) in [6.45, 7) is 1.08. The van der Waals surface area contributed by atoms with Gasteiger partial charge in [-0.25, -0.2) is 0 Å². The quantitative estimate of drug-likeness (QED) is 0.527. The van der Waals surface area contributed by atoms with Crippen LogP contribution < -0.4 is 0 Å². The van der Waals surface area contributed by atoms with Crippen LogP contribution in [0.5, 0.6) is 0 Å². The van der Waals surface area contributed by atoms with Gasteiger partial charge in [0.15, 0.2) is 0 Å². The summed E-state index contributed by atoms with van der Waals surface area (Å²) in [6.07, 6.45) is 0. The Kier molecular flexibility index (Phi) is 6.48. The molecule has 0 aliphatic rings. The molecule has 0 fully saturated rings. The van der Waals surface area contributed by atoms with Crippen molar-refractivity contribution in [2.75, 3.05) is 46.9 Å². The first kappa shape index (κ1) is 12.3. The lowest BCUT2D eigenvalue weighted by Crippen LogP contribution is -2.39. The Labute approximate surface area is 78.6 Å². The van der Waals surface area contributed by atoms with Gasteiger partial charge in [-0.2, -0.15) is 0 Å². The Morgan fingerprint density at radius 2 is 1.62 bits per heavy atom. The molecule has 5 nitrogen and oxygen atoms in total. The highest BCUT2D eigenvalue weighted by Gasteiger charge is 2.10. The van der Waals surface area contributed by atoms with Crippen LogP contribution in [0.25, 0.3) is 0 Å². The Balaban J connectivity index is 3.86. The Bertz CT molecular complexity index is 144. The van der Waals surface area contributed by atoms with Crippen LogP contribution in [0.1, 0.15) is 0 Å². The number of amides is 1. The molecule has 0 aromatic rings. The number of nitrogens with zero attached hydrogens (tertiary/aromatic N) is 2. The van der Waals surface area contributed by atoms with Crippen LogP contribution in [0, 0.1) is 0 Å². The molecule has 0 radical (unpaired) electrons. The van der Waals surface area contributed by atoms with E-state index in [0.29, 0.717) is 13.1 Å². The Hall–Kier alpha value is -0.650. The van der Waals surface area contributed by atoms with Gasteiger partial charge in [0.1, 0.15) is 0 Å². The van der Waals surface area contributed by atoms with Gasteiger partial charge in [-0.3, -0.25) is 9.69 Å². The minimum atomic E-state index is -0.0260. The van der Waals surface area contributed by atoms with Crippen LogP contribution >= 0.6 is 0 Å². The molecule has 0 aliphatic carbocycles. The fraction of sp³-hybridized carbons (Fsp3) is 0.875. The van der Waals surface area contributed by atoms with E-state index in [1.54, 1.807) is 19.0 Å². The molecule has 5 heteroatoms. The summed E-state index contributed by atoms with van der Waals surface area (Å²) < 4.78 is 0. The summed E-state index contributed by atoms with van der Waals surface area (Å²) in [5.41, 5.74) is 0. The monoisotopic (exact) mass is 190 g/mol. The highest BCUT2D eigenvalue weighted by atomic mass is 16.3. The van der Waals surface area contributed by atoms with E-state index in [1.165, 1.54) is 4.90 Å². The van der Waals surface area contributed by atoms with Gasteiger partial charge in [0.2, 0.25) is 5.91 Å². The third kappa shape index (κ3) is 5.57.